The Labute approximate surface area is 153 Å². The summed E-state index contributed by atoms with van der Waals surface area (Å²) in [6, 6.07) is 22.1. The maximum atomic E-state index is 5.49. The van der Waals surface area contributed by atoms with E-state index in [1.807, 2.05) is 11.8 Å². The third kappa shape index (κ3) is 4.36. The smallest absolute Gasteiger partial charge is 0.0471 e. The molecule has 0 saturated carbocycles. The molecule has 2 heterocycles. The molecule has 0 amide bonds. The summed E-state index contributed by atoms with van der Waals surface area (Å²) < 4.78 is 7.68. The van der Waals surface area contributed by atoms with Crippen LogP contribution in [0.2, 0.25) is 0 Å². The van der Waals surface area contributed by atoms with Gasteiger partial charge in [-0.25, -0.2) is 0 Å². The monoisotopic (exact) mass is 349 g/mol. The number of benzene rings is 2. The van der Waals surface area contributed by atoms with E-state index in [1.54, 1.807) is 0 Å². The summed E-state index contributed by atoms with van der Waals surface area (Å²) in [5, 5.41) is 0. The van der Waals surface area contributed by atoms with E-state index < -0.39 is 0 Å². The molecule has 0 atom stereocenters. The molecule has 4 rings (SSSR count). The topological polar surface area (TPSA) is 14.2 Å². The summed E-state index contributed by atoms with van der Waals surface area (Å²) in [6.45, 7) is 2.72. The van der Waals surface area contributed by atoms with Crippen molar-refractivity contribution in [2.24, 2.45) is 0 Å². The quantitative estimate of drug-likeness (QED) is 0.597. The number of hydrogen-bond donors (Lipinski definition) is 0. The average Bonchev–Trinajstić information content (AvgIpc) is 3.17. The van der Waals surface area contributed by atoms with Crippen LogP contribution in [0.1, 0.15) is 29.9 Å². The lowest BCUT2D eigenvalue weighted by molar-refractivity contribution is 0.0853. The van der Waals surface area contributed by atoms with Crippen molar-refractivity contribution >= 4 is 11.8 Å². The van der Waals surface area contributed by atoms with Crippen LogP contribution < -0.4 is 0 Å². The minimum Gasteiger partial charge on any atom is -0.381 e. The Bertz CT molecular complexity index is 789. The van der Waals surface area contributed by atoms with Gasteiger partial charge in [0.15, 0.2) is 0 Å². The van der Waals surface area contributed by atoms with Crippen LogP contribution in [0, 0.1) is 0 Å². The zero-order valence-electron chi connectivity index (χ0n) is 14.3. The summed E-state index contributed by atoms with van der Waals surface area (Å²) in [4.78, 5) is 2.61. The molecule has 25 heavy (non-hydrogen) atoms. The van der Waals surface area contributed by atoms with Gasteiger partial charge in [0, 0.05) is 41.9 Å². The first-order chi connectivity index (χ1) is 12.4. The van der Waals surface area contributed by atoms with Gasteiger partial charge in [-0.05, 0) is 66.3 Å². The van der Waals surface area contributed by atoms with Crippen molar-refractivity contribution in [1.29, 1.82) is 0 Å². The minimum absolute atomic E-state index is 0.651. The van der Waals surface area contributed by atoms with Gasteiger partial charge >= 0.3 is 0 Å². The molecule has 0 N–H and O–H groups in total. The maximum Gasteiger partial charge on any atom is 0.0471 e. The standard InChI is InChI=1S/C22H23NOS/c1-2-13-23(12-1)17-18-6-8-21(9-7-18)25-22-5-3-4-20(16-22)19-10-14-24-15-11-19/h1-9,12-13,16,19H,10-11,14-15,17H2. The van der Waals surface area contributed by atoms with Crippen molar-refractivity contribution < 1.29 is 4.74 Å². The van der Waals surface area contributed by atoms with Crippen molar-refractivity contribution in [2.45, 2.75) is 35.1 Å². The van der Waals surface area contributed by atoms with E-state index in [0.717, 1.165) is 32.6 Å². The van der Waals surface area contributed by atoms with E-state index in [2.05, 4.69) is 77.6 Å². The molecule has 128 valence electrons. The average molecular weight is 349 g/mol. The Morgan fingerprint density at radius 2 is 1.64 bits per heavy atom. The number of rotatable bonds is 5. The van der Waals surface area contributed by atoms with E-state index in [1.165, 1.54) is 20.9 Å². The fourth-order valence-electron chi connectivity index (χ4n) is 3.35. The lowest BCUT2D eigenvalue weighted by atomic mass is 9.92. The number of aromatic nitrogens is 1. The molecule has 0 radical (unpaired) electrons. The van der Waals surface area contributed by atoms with E-state index >= 15 is 0 Å². The van der Waals surface area contributed by atoms with Crippen LogP contribution in [0.3, 0.4) is 0 Å². The van der Waals surface area contributed by atoms with Crippen LogP contribution in [0.25, 0.3) is 0 Å². The largest absolute Gasteiger partial charge is 0.381 e. The highest BCUT2D eigenvalue weighted by atomic mass is 32.2. The van der Waals surface area contributed by atoms with Gasteiger partial charge in [0.25, 0.3) is 0 Å². The highest BCUT2D eigenvalue weighted by Gasteiger charge is 2.16. The first-order valence-electron chi connectivity index (χ1n) is 8.92. The zero-order chi connectivity index (χ0) is 16.9. The second kappa shape index (κ2) is 7.94. The molecule has 1 aliphatic heterocycles. The van der Waals surface area contributed by atoms with Gasteiger partial charge in [0.05, 0.1) is 0 Å². The van der Waals surface area contributed by atoms with Gasteiger partial charge in [0.2, 0.25) is 0 Å². The van der Waals surface area contributed by atoms with Crippen molar-refractivity contribution in [1.82, 2.24) is 4.57 Å². The van der Waals surface area contributed by atoms with Gasteiger partial charge in [-0.1, -0.05) is 36.0 Å². The number of nitrogens with zero attached hydrogens (tertiary/aromatic N) is 1. The molecule has 3 aromatic rings. The normalized spacial score (nSPS) is 15.4. The number of hydrogen-bond acceptors (Lipinski definition) is 2. The lowest BCUT2D eigenvalue weighted by Gasteiger charge is -2.22. The van der Waals surface area contributed by atoms with E-state index in [9.17, 15) is 0 Å². The molecular formula is C22H23NOS. The fraction of sp³-hybridized carbons (Fsp3) is 0.273. The Morgan fingerprint density at radius 3 is 2.40 bits per heavy atom. The Morgan fingerprint density at radius 1 is 0.880 bits per heavy atom. The van der Waals surface area contributed by atoms with Gasteiger partial charge in [0.1, 0.15) is 0 Å². The molecule has 1 aromatic heterocycles. The molecule has 0 spiro atoms. The van der Waals surface area contributed by atoms with Crippen LogP contribution in [-0.4, -0.2) is 17.8 Å². The van der Waals surface area contributed by atoms with E-state index in [0.29, 0.717) is 5.92 Å². The Balaban J connectivity index is 1.43. The first kappa shape index (κ1) is 16.5. The van der Waals surface area contributed by atoms with Crippen LogP contribution in [0.5, 0.6) is 0 Å². The molecule has 1 aliphatic rings. The van der Waals surface area contributed by atoms with Crippen molar-refractivity contribution in [3.8, 4) is 0 Å². The predicted molar refractivity (Wildman–Crippen MR) is 103 cm³/mol. The zero-order valence-corrected chi connectivity index (χ0v) is 15.1. The van der Waals surface area contributed by atoms with Crippen LogP contribution in [0.4, 0.5) is 0 Å². The molecular weight excluding hydrogens is 326 g/mol. The molecule has 3 heteroatoms. The summed E-state index contributed by atoms with van der Waals surface area (Å²) in [5.74, 6) is 0.651. The Hall–Kier alpha value is -1.97. The third-order valence-electron chi connectivity index (χ3n) is 4.74. The second-order valence-electron chi connectivity index (χ2n) is 6.56. The second-order valence-corrected chi connectivity index (χ2v) is 7.71. The van der Waals surface area contributed by atoms with Crippen LogP contribution in [-0.2, 0) is 11.3 Å². The summed E-state index contributed by atoms with van der Waals surface area (Å²) in [7, 11) is 0. The maximum absolute atomic E-state index is 5.49. The molecule has 1 saturated heterocycles. The van der Waals surface area contributed by atoms with E-state index in [4.69, 9.17) is 4.74 Å². The molecule has 0 bridgehead atoms. The van der Waals surface area contributed by atoms with Crippen molar-refractivity contribution in [2.75, 3.05) is 13.2 Å². The Kier molecular flexibility index (Phi) is 5.24. The van der Waals surface area contributed by atoms with Crippen molar-refractivity contribution in [3.63, 3.8) is 0 Å². The van der Waals surface area contributed by atoms with Gasteiger partial charge in [-0.3, -0.25) is 0 Å². The van der Waals surface area contributed by atoms with Gasteiger partial charge in [-0.15, -0.1) is 0 Å². The molecule has 0 unspecified atom stereocenters. The molecule has 1 fully saturated rings. The SMILES string of the molecule is c1cc(Sc2ccc(Cn3cccc3)cc2)cc(C2CCOCC2)c1. The van der Waals surface area contributed by atoms with Crippen LogP contribution >= 0.6 is 11.8 Å². The van der Waals surface area contributed by atoms with Gasteiger partial charge < -0.3 is 9.30 Å². The highest BCUT2D eigenvalue weighted by Crippen LogP contribution is 2.33. The summed E-state index contributed by atoms with van der Waals surface area (Å²) in [6.07, 6.45) is 6.49. The predicted octanol–water partition coefficient (Wildman–Crippen LogP) is 5.58. The summed E-state index contributed by atoms with van der Waals surface area (Å²) >= 11 is 1.84. The van der Waals surface area contributed by atoms with E-state index in [-0.39, 0.29) is 0 Å². The number of ether oxygens (including phenoxy) is 1. The third-order valence-corrected chi connectivity index (χ3v) is 5.74. The molecule has 2 nitrogen and oxygen atoms in total. The van der Waals surface area contributed by atoms with Crippen molar-refractivity contribution in [3.05, 3.63) is 84.2 Å². The molecule has 0 aliphatic carbocycles. The highest BCUT2D eigenvalue weighted by molar-refractivity contribution is 7.99. The van der Waals surface area contributed by atoms with Crippen LogP contribution in [0.15, 0.2) is 82.8 Å². The fourth-order valence-corrected chi connectivity index (χ4v) is 4.23. The first-order valence-corrected chi connectivity index (χ1v) is 9.74. The van der Waals surface area contributed by atoms with Gasteiger partial charge in [-0.2, -0.15) is 0 Å². The molecule has 2 aromatic carbocycles. The minimum atomic E-state index is 0.651. The lowest BCUT2D eigenvalue weighted by Crippen LogP contribution is -2.13. The summed E-state index contributed by atoms with van der Waals surface area (Å²) in [5.41, 5.74) is 2.79.